The van der Waals surface area contributed by atoms with Crippen LogP contribution in [0, 0.1) is 0 Å². The van der Waals surface area contributed by atoms with Crippen molar-refractivity contribution in [1.82, 2.24) is 10.2 Å². The van der Waals surface area contributed by atoms with Gasteiger partial charge in [-0.1, -0.05) is 0 Å². The van der Waals surface area contributed by atoms with Gasteiger partial charge in [0.25, 0.3) is 0 Å². The van der Waals surface area contributed by atoms with Gasteiger partial charge in [0, 0.05) is 19.2 Å². The van der Waals surface area contributed by atoms with E-state index in [0.29, 0.717) is 6.54 Å². The predicted octanol–water partition coefficient (Wildman–Crippen LogP) is 1.45. The number of carboxylic acid groups (broad SMARTS) is 1. The smallest absolute Gasteiger partial charge is 0.317 e. The zero-order valence-corrected chi connectivity index (χ0v) is 11.9. The minimum atomic E-state index is -0.897. The maximum Gasteiger partial charge on any atom is 0.317 e. The number of nitrogens with zero attached hydrogens (tertiary/aromatic N) is 1. The summed E-state index contributed by atoms with van der Waals surface area (Å²) in [6.07, 6.45) is 2.00. The molecule has 0 aromatic heterocycles. The Kier molecular flexibility index (Phi) is 6.08. The Labute approximate surface area is 114 Å². The molecule has 0 spiro atoms. The summed E-state index contributed by atoms with van der Waals surface area (Å²) >= 11 is 0. The van der Waals surface area contributed by atoms with Crippen LogP contribution in [0.4, 0.5) is 4.79 Å². The van der Waals surface area contributed by atoms with Crippen LogP contribution in [0.5, 0.6) is 0 Å². The van der Waals surface area contributed by atoms with Crippen molar-refractivity contribution in [3.05, 3.63) is 0 Å². The van der Waals surface area contributed by atoms with Crippen molar-refractivity contribution in [1.29, 1.82) is 0 Å². The summed E-state index contributed by atoms with van der Waals surface area (Å²) in [6.45, 7) is 6.74. The third kappa shape index (κ3) is 4.70. The van der Waals surface area contributed by atoms with Crippen molar-refractivity contribution in [3.8, 4) is 0 Å². The van der Waals surface area contributed by atoms with Gasteiger partial charge in [0.2, 0.25) is 0 Å². The monoisotopic (exact) mass is 272 g/mol. The Morgan fingerprint density at radius 3 is 2.63 bits per heavy atom. The number of carbonyl (C=O) groups is 2. The SMILES string of the molecule is CCN(C(=O)NC(C)C1CCCO1)C(C)CC(=O)O. The number of rotatable bonds is 6. The third-order valence-electron chi connectivity index (χ3n) is 3.48. The molecule has 1 saturated heterocycles. The molecule has 3 unspecified atom stereocenters. The predicted molar refractivity (Wildman–Crippen MR) is 71.1 cm³/mol. The van der Waals surface area contributed by atoms with Gasteiger partial charge in [-0.25, -0.2) is 4.79 Å². The van der Waals surface area contributed by atoms with Crippen molar-refractivity contribution >= 4 is 12.0 Å². The van der Waals surface area contributed by atoms with Crippen LogP contribution >= 0.6 is 0 Å². The van der Waals surface area contributed by atoms with Crippen molar-refractivity contribution in [2.75, 3.05) is 13.2 Å². The number of ether oxygens (including phenoxy) is 1. The molecule has 1 aliphatic heterocycles. The van der Waals surface area contributed by atoms with Gasteiger partial charge in [-0.05, 0) is 33.6 Å². The highest BCUT2D eigenvalue weighted by Gasteiger charge is 2.27. The van der Waals surface area contributed by atoms with E-state index in [-0.39, 0.29) is 30.6 Å². The van der Waals surface area contributed by atoms with Gasteiger partial charge < -0.3 is 20.1 Å². The maximum atomic E-state index is 12.1. The molecule has 6 heteroatoms. The lowest BCUT2D eigenvalue weighted by Gasteiger charge is -2.30. The van der Waals surface area contributed by atoms with Crippen molar-refractivity contribution < 1.29 is 19.4 Å². The molecule has 1 rings (SSSR count). The van der Waals surface area contributed by atoms with E-state index in [1.54, 1.807) is 11.8 Å². The topological polar surface area (TPSA) is 78.9 Å². The second kappa shape index (κ2) is 7.33. The number of urea groups is 1. The number of carbonyl (C=O) groups excluding carboxylic acids is 1. The van der Waals surface area contributed by atoms with Crippen molar-refractivity contribution in [2.24, 2.45) is 0 Å². The van der Waals surface area contributed by atoms with Gasteiger partial charge in [0.1, 0.15) is 0 Å². The molecule has 0 aliphatic carbocycles. The molecule has 0 aromatic rings. The minimum absolute atomic E-state index is 0.0461. The zero-order chi connectivity index (χ0) is 14.4. The molecule has 2 amide bonds. The lowest BCUT2D eigenvalue weighted by molar-refractivity contribution is -0.138. The largest absolute Gasteiger partial charge is 0.481 e. The van der Waals surface area contributed by atoms with Gasteiger partial charge in [0.05, 0.1) is 18.6 Å². The van der Waals surface area contributed by atoms with Crippen LogP contribution in [0.1, 0.15) is 40.0 Å². The molecule has 1 fully saturated rings. The van der Waals surface area contributed by atoms with Crippen LogP contribution in [0.15, 0.2) is 0 Å². The summed E-state index contributed by atoms with van der Waals surface area (Å²) in [4.78, 5) is 24.4. The first kappa shape index (κ1) is 15.8. The standard InChI is InChI=1S/C13H24N2O4/c1-4-15(9(2)8-12(16)17)13(18)14-10(3)11-6-5-7-19-11/h9-11H,4-8H2,1-3H3,(H,14,18)(H,16,17). The molecule has 3 atom stereocenters. The molecular weight excluding hydrogens is 248 g/mol. The quantitative estimate of drug-likeness (QED) is 0.767. The van der Waals surface area contributed by atoms with Gasteiger partial charge in [-0.15, -0.1) is 0 Å². The third-order valence-corrected chi connectivity index (χ3v) is 3.48. The van der Waals surface area contributed by atoms with E-state index in [0.717, 1.165) is 19.4 Å². The maximum absolute atomic E-state index is 12.1. The van der Waals surface area contributed by atoms with Crippen molar-refractivity contribution in [2.45, 2.75) is 58.2 Å². The van der Waals surface area contributed by atoms with E-state index in [1.807, 2.05) is 13.8 Å². The molecule has 1 aliphatic rings. The number of hydrogen-bond acceptors (Lipinski definition) is 3. The number of amides is 2. The average molecular weight is 272 g/mol. The number of carboxylic acids is 1. The highest BCUT2D eigenvalue weighted by Crippen LogP contribution is 2.16. The van der Waals surface area contributed by atoms with Gasteiger partial charge in [0.15, 0.2) is 0 Å². The van der Waals surface area contributed by atoms with Crippen LogP contribution in [0.3, 0.4) is 0 Å². The minimum Gasteiger partial charge on any atom is -0.481 e. The fourth-order valence-electron chi connectivity index (χ4n) is 2.39. The molecule has 19 heavy (non-hydrogen) atoms. The number of nitrogens with one attached hydrogen (secondary N) is 1. The average Bonchev–Trinajstić information content (AvgIpc) is 2.81. The normalized spacial score (nSPS) is 21.7. The number of hydrogen-bond donors (Lipinski definition) is 2. The summed E-state index contributed by atoms with van der Waals surface area (Å²) < 4.78 is 5.53. The Morgan fingerprint density at radius 1 is 1.47 bits per heavy atom. The van der Waals surface area contributed by atoms with Crippen molar-refractivity contribution in [3.63, 3.8) is 0 Å². The Bertz CT molecular complexity index is 316. The number of aliphatic carboxylic acids is 1. The van der Waals surface area contributed by atoms with Gasteiger partial charge in [-0.2, -0.15) is 0 Å². The fraction of sp³-hybridized carbons (Fsp3) is 0.846. The van der Waals surface area contributed by atoms with Crippen LogP contribution in [-0.2, 0) is 9.53 Å². The second-order valence-electron chi connectivity index (χ2n) is 5.02. The van der Waals surface area contributed by atoms with Gasteiger partial charge in [-0.3, -0.25) is 4.79 Å². The first-order valence-electron chi connectivity index (χ1n) is 6.86. The lowest BCUT2D eigenvalue weighted by Crippen LogP contribution is -2.51. The van der Waals surface area contributed by atoms with E-state index in [2.05, 4.69) is 5.32 Å². The molecule has 6 nitrogen and oxygen atoms in total. The highest BCUT2D eigenvalue weighted by atomic mass is 16.5. The molecule has 0 radical (unpaired) electrons. The molecular formula is C13H24N2O4. The molecule has 0 aromatic carbocycles. The molecule has 1 heterocycles. The fourth-order valence-corrected chi connectivity index (χ4v) is 2.39. The lowest BCUT2D eigenvalue weighted by atomic mass is 10.1. The van der Waals surface area contributed by atoms with Crippen LogP contribution in [0.25, 0.3) is 0 Å². The molecule has 2 N–H and O–H groups in total. The summed E-state index contributed by atoms with van der Waals surface area (Å²) in [6, 6.07) is -0.598. The van der Waals surface area contributed by atoms with E-state index in [1.165, 1.54) is 0 Å². The first-order valence-corrected chi connectivity index (χ1v) is 6.86. The van der Waals surface area contributed by atoms with E-state index in [4.69, 9.17) is 9.84 Å². The molecule has 110 valence electrons. The Hall–Kier alpha value is -1.30. The van der Waals surface area contributed by atoms with E-state index < -0.39 is 5.97 Å². The zero-order valence-electron chi connectivity index (χ0n) is 11.9. The summed E-state index contributed by atoms with van der Waals surface area (Å²) in [7, 11) is 0. The highest BCUT2D eigenvalue weighted by molar-refractivity contribution is 5.76. The second-order valence-corrected chi connectivity index (χ2v) is 5.02. The van der Waals surface area contributed by atoms with Crippen LogP contribution in [0.2, 0.25) is 0 Å². The Morgan fingerprint density at radius 2 is 2.16 bits per heavy atom. The molecule has 0 bridgehead atoms. The summed E-state index contributed by atoms with van der Waals surface area (Å²) in [5.74, 6) is -0.897. The summed E-state index contributed by atoms with van der Waals surface area (Å²) in [5, 5.41) is 11.7. The Balaban J connectivity index is 2.50. The van der Waals surface area contributed by atoms with Crippen LogP contribution < -0.4 is 5.32 Å². The van der Waals surface area contributed by atoms with Gasteiger partial charge >= 0.3 is 12.0 Å². The summed E-state index contributed by atoms with van der Waals surface area (Å²) in [5.41, 5.74) is 0. The van der Waals surface area contributed by atoms with E-state index >= 15 is 0 Å². The van der Waals surface area contributed by atoms with E-state index in [9.17, 15) is 9.59 Å². The van der Waals surface area contributed by atoms with Crippen LogP contribution in [-0.4, -0.2) is 53.3 Å². The molecule has 0 saturated carbocycles. The first-order chi connectivity index (χ1) is 8.95.